The lowest BCUT2D eigenvalue weighted by Crippen LogP contribution is -2.39. The number of carbonyl (C=O) groups is 4. The second-order valence-electron chi connectivity index (χ2n) is 4.18. The van der Waals surface area contributed by atoms with Crippen molar-refractivity contribution < 1.29 is 28.7 Å². The third-order valence-electron chi connectivity index (χ3n) is 2.97. The van der Waals surface area contributed by atoms with E-state index >= 15 is 0 Å². The van der Waals surface area contributed by atoms with Crippen LogP contribution >= 0.6 is 0 Å². The highest BCUT2D eigenvalue weighted by molar-refractivity contribution is 6.47. The zero-order chi connectivity index (χ0) is 14.0. The highest BCUT2D eigenvalue weighted by Gasteiger charge is 2.48. The minimum absolute atomic E-state index is 0.0267. The summed E-state index contributed by atoms with van der Waals surface area (Å²) in [5.74, 6) is -2.19. The first-order valence-corrected chi connectivity index (χ1v) is 6.04. The molecule has 0 N–H and O–H groups in total. The fourth-order valence-corrected chi connectivity index (χ4v) is 1.95. The summed E-state index contributed by atoms with van der Waals surface area (Å²) in [6, 6.07) is -0.963. The Balaban J connectivity index is 1.96. The maximum atomic E-state index is 11.7. The minimum atomic E-state index is -1.18. The fraction of sp³-hybridized carbons (Fsp3) is 0.636. The van der Waals surface area contributed by atoms with Crippen molar-refractivity contribution in [3.05, 3.63) is 0 Å². The van der Waals surface area contributed by atoms with Gasteiger partial charge in [0.2, 0.25) is 0 Å². The molecule has 19 heavy (non-hydrogen) atoms. The van der Waals surface area contributed by atoms with Crippen LogP contribution in [0.1, 0.15) is 19.8 Å². The van der Waals surface area contributed by atoms with E-state index < -0.39 is 23.9 Å². The van der Waals surface area contributed by atoms with Crippen LogP contribution in [0.5, 0.6) is 0 Å². The molecule has 2 rings (SSSR count). The standard InChI is InChI=1S/C11H14N2O6/c1-2-12-8(14)9(15)13(10(12)16)11(17)19-6-7-4-3-5-18-7/h7H,2-6H2,1H3. The first kappa shape index (κ1) is 13.5. The molecule has 2 heterocycles. The van der Waals surface area contributed by atoms with E-state index in [9.17, 15) is 19.2 Å². The largest absolute Gasteiger partial charge is 0.446 e. The van der Waals surface area contributed by atoms with Crippen molar-refractivity contribution in [2.45, 2.75) is 25.9 Å². The molecule has 0 aromatic rings. The van der Waals surface area contributed by atoms with Gasteiger partial charge in [0, 0.05) is 13.2 Å². The van der Waals surface area contributed by atoms with Gasteiger partial charge in [0.25, 0.3) is 0 Å². The summed E-state index contributed by atoms with van der Waals surface area (Å²) in [5.41, 5.74) is 0. The number of urea groups is 1. The van der Waals surface area contributed by atoms with E-state index in [0.29, 0.717) is 11.5 Å². The molecule has 0 bridgehead atoms. The molecule has 0 spiro atoms. The average Bonchev–Trinajstić information content (AvgIpc) is 2.96. The molecule has 2 fully saturated rings. The number of ether oxygens (including phenoxy) is 2. The number of imide groups is 4. The van der Waals surface area contributed by atoms with Crippen LogP contribution in [-0.4, -0.2) is 59.6 Å². The van der Waals surface area contributed by atoms with Crippen molar-refractivity contribution in [2.24, 2.45) is 0 Å². The minimum Gasteiger partial charge on any atom is -0.446 e. The summed E-state index contributed by atoms with van der Waals surface area (Å²) in [6.07, 6.45) is 0.297. The van der Waals surface area contributed by atoms with Crippen LogP contribution in [0.2, 0.25) is 0 Å². The topological polar surface area (TPSA) is 93.2 Å². The second kappa shape index (κ2) is 5.35. The molecule has 1 unspecified atom stereocenters. The van der Waals surface area contributed by atoms with Crippen LogP contribution in [0, 0.1) is 0 Å². The molecule has 2 saturated heterocycles. The normalized spacial score (nSPS) is 23.4. The van der Waals surface area contributed by atoms with Crippen molar-refractivity contribution in [3.8, 4) is 0 Å². The molecule has 0 aromatic heterocycles. The quantitative estimate of drug-likeness (QED) is 0.534. The van der Waals surface area contributed by atoms with E-state index in [0.717, 1.165) is 12.8 Å². The van der Waals surface area contributed by atoms with Gasteiger partial charge in [0.1, 0.15) is 6.61 Å². The van der Waals surface area contributed by atoms with E-state index in [1.54, 1.807) is 0 Å². The summed E-state index contributed by atoms with van der Waals surface area (Å²) < 4.78 is 10.1. The van der Waals surface area contributed by atoms with Gasteiger partial charge in [0.15, 0.2) is 0 Å². The molecule has 5 amide bonds. The monoisotopic (exact) mass is 270 g/mol. The molecule has 104 valence electrons. The van der Waals surface area contributed by atoms with Gasteiger partial charge in [-0.05, 0) is 19.8 Å². The van der Waals surface area contributed by atoms with Gasteiger partial charge in [-0.25, -0.2) is 9.59 Å². The fourth-order valence-electron chi connectivity index (χ4n) is 1.95. The van der Waals surface area contributed by atoms with E-state index in [4.69, 9.17) is 9.47 Å². The Morgan fingerprint density at radius 1 is 1.37 bits per heavy atom. The third-order valence-corrected chi connectivity index (χ3v) is 2.97. The smallest absolute Gasteiger partial charge is 0.425 e. The highest BCUT2D eigenvalue weighted by Crippen LogP contribution is 2.15. The van der Waals surface area contributed by atoms with Gasteiger partial charge >= 0.3 is 23.9 Å². The van der Waals surface area contributed by atoms with Gasteiger partial charge in [-0.15, -0.1) is 0 Å². The molecule has 8 heteroatoms. The summed E-state index contributed by atoms with van der Waals surface area (Å²) in [6.45, 7) is 2.13. The molecular weight excluding hydrogens is 256 g/mol. The summed E-state index contributed by atoms with van der Waals surface area (Å²) >= 11 is 0. The van der Waals surface area contributed by atoms with Crippen LogP contribution in [-0.2, 0) is 19.1 Å². The van der Waals surface area contributed by atoms with Crippen LogP contribution in [0.15, 0.2) is 0 Å². The summed E-state index contributed by atoms with van der Waals surface area (Å²) in [7, 11) is 0. The Bertz CT molecular complexity index is 429. The Morgan fingerprint density at radius 3 is 2.63 bits per heavy atom. The molecular formula is C11H14N2O6. The van der Waals surface area contributed by atoms with Crippen LogP contribution in [0.25, 0.3) is 0 Å². The van der Waals surface area contributed by atoms with Crippen molar-refractivity contribution in [3.63, 3.8) is 0 Å². The Morgan fingerprint density at radius 2 is 2.11 bits per heavy atom. The van der Waals surface area contributed by atoms with Gasteiger partial charge in [0.05, 0.1) is 6.10 Å². The number of hydrogen-bond acceptors (Lipinski definition) is 6. The van der Waals surface area contributed by atoms with Gasteiger partial charge in [-0.3, -0.25) is 14.5 Å². The average molecular weight is 270 g/mol. The van der Waals surface area contributed by atoms with Gasteiger partial charge < -0.3 is 9.47 Å². The lowest BCUT2D eigenvalue weighted by atomic mass is 10.2. The summed E-state index contributed by atoms with van der Waals surface area (Å²) in [4.78, 5) is 47.2. The van der Waals surface area contributed by atoms with Crippen molar-refractivity contribution >= 4 is 23.9 Å². The van der Waals surface area contributed by atoms with E-state index in [1.165, 1.54) is 6.92 Å². The van der Waals surface area contributed by atoms with Crippen molar-refractivity contribution in [2.75, 3.05) is 19.8 Å². The lowest BCUT2D eigenvalue weighted by molar-refractivity contribution is -0.142. The number of nitrogens with zero attached hydrogens (tertiary/aromatic N) is 2. The summed E-state index contributed by atoms with van der Waals surface area (Å²) in [5, 5.41) is 0. The van der Waals surface area contributed by atoms with Crippen LogP contribution in [0.4, 0.5) is 9.59 Å². The molecule has 8 nitrogen and oxygen atoms in total. The number of amides is 5. The Hall–Kier alpha value is -1.96. The molecule has 2 aliphatic heterocycles. The maximum absolute atomic E-state index is 11.7. The molecule has 1 atom stereocenters. The number of likely N-dealkylation sites (N-methyl/N-ethyl adjacent to an activating group) is 1. The van der Waals surface area contributed by atoms with Gasteiger partial charge in [-0.1, -0.05) is 0 Å². The molecule has 0 aliphatic carbocycles. The third kappa shape index (κ3) is 2.43. The molecule has 0 aromatic carbocycles. The number of carbonyl (C=O) groups excluding carboxylic acids is 4. The number of rotatable bonds is 3. The van der Waals surface area contributed by atoms with E-state index in [-0.39, 0.29) is 24.2 Å². The number of hydrogen-bond donors (Lipinski definition) is 0. The van der Waals surface area contributed by atoms with Crippen LogP contribution < -0.4 is 0 Å². The highest BCUT2D eigenvalue weighted by atomic mass is 16.6. The Kier molecular flexibility index (Phi) is 3.79. The zero-order valence-electron chi connectivity index (χ0n) is 10.5. The molecule has 0 saturated carbocycles. The SMILES string of the molecule is CCN1C(=O)C(=O)N(C(=O)OCC2CCCO2)C1=O. The zero-order valence-corrected chi connectivity index (χ0v) is 10.5. The lowest BCUT2D eigenvalue weighted by Gasteiger charge is -2.14. The van der Waals surface area contributed by atoms with E-state index in [2.05, 4.69) is 0 Å². The molecule has 0 radical (unpaired) electrons. The van der Waals surface area contributed by atoms with Crippen LogP contribution in [0.3, 0.4) is 0 Å². The predicted octanol–water partition coefficient (Wildman–Crippen LogP) is 0.113. The van der Waals surface area contributed by atoms with Gasteiger partial charge in [-0.2, -0.15) is 4.90 Å². The maximum Gasteiger partial charge on any atom is 0.425 e. The molecule has 2 aliphatic rings. The van der Waals surface area contributed by atoms with E-state index in [1.807, 2.05) is 0 Å². The Labute approximate surface area is 109 Å². The second-order valence-corrected chi connectivity index (χ2v) is 4.18. The van der Waals surface area contributed by atoms with Crippen molar-refractivity contribution in [1.29, 1.82) is 0 Å². The first-order valence-electron chi connectivity index (χ1n) is 6.04. The predicted molar refractivity (Wildman–Crippen MR) is 60.0 cm³/mol. The van der Waals surface area contributed by atoms with Crippen molar-refractivity contribution in [1.82, 2.24) is 9.80 Å². The first-order chi connectivity index (χ1) is 9.06.